The molecule has 0 aliphatic heterocycles. The zero-order valence-electron chi connectivity index (χ0n) is 15.6. The second-order valence-electron chi connectivity index (χ2n) is 7.48. The summed E-state index contributed by atoms with van der Waals surface area (Å²) in [7, 11) is -4.32. The van der Waals surface area contributed by atoms with Crippen molar-refractivity contribution in [3.8, 4) is 0 Å². The molecule has 7 nitrogen and oxygen atoms in total. The Bertz CT molecular complexity index is 962. The van der Waals surface area contributed by atoms with E-state index in [2.05, 4.69) is 4.72 Å². The number of hydrogen-bond donors (Lipinski definition) is 1. The quantitative estimate of drug-likeness (QED) is 0.463. The molecular weight excluding hydrogens is 368 g/mol. The zero-order chi connectivity index (χ0) is 20.5. The first-order valence-corrected chi connectivity index (χ1v) is 9.74. The van der Waals surface area contributed by atoms with Crippen LogP contribution in [0.25, 0.3) is 0 Å². The number of carbonyl (C=O) groups excluding carboxylic acids is 1. The summed E-state index contributed by atoms with van der Waals surface area (Å²) in [5.74, 6) is 0. The average Bonchev–Trinajstić information content (AvgIpc) is 2.60. The second-order valence-corrected chi connectivity index (χ2v) is 9.13. The Morgan fingerprint density at radius 3 is 1.96 bits per heavy atom. The van der Waals surface area contributed by atoms with E-state index in [1.54, 1.807) is 12.1 Å². The van der Waals surface area contributed by atoms with Crippen molar-refractivity contribution in [1.82, 2.24) is 4.72 Å². The third kappa shape index (κ3) is 4.40. The number of hydrogen-bond acceptors (Lipinski definition) is 5. The summed E-state index contributed by atoms with van der Waals surface area (Å²) in [6.45, 7) is 7.53. The van der Waals surface area contributed by atoms with Gasteiger partial charge in [-0.05, 0) is 29.5 Å². The van der Waals surface area contributed by atoms with Crippen LogP contribution in [0.3, 0.4) is 0 Å². The van der Waals surface area contributed by atoms with Gasteiger partial charge in [-0.25, -0.2) is 8.42 Å². The number of carbonyl (C=O) groups is 1. The van der Waals surface area contributed by atoms with E-state index in [-0.39, 0.29) is 5.41 Å². The fourth-order valence-electron chi connectivity index (χ4n) is 2.64. The number of benzene rings is 2. The molecule has 0 saturated carbocycles. The minimum atomic E-state index is -4.32. The van der Waals surface area contributed by atoms with E-state index < -0.39 is 31.1 Å². The molecule has 0 fully saturated rings. The van der Waals surface area contributed by atoms with Crippen molar-refractivity contribution in [3.63, 3.8) is 0 Å². The third-order valence-electron chi connectivity index (χ3n) is 4.28. The Morgan fingerprint density at radius 1 is 0.963 bits per heavy atom. The first-order chi connectivity index (χ1) is 12.4. The molecule has 0 aromatic heterocycles. The molecule has 1 atom stereocenters. The van der Waals surface area contributed by atoms with E-state index in [1.165, 1.54) is 19.1 Å². The molecule has 2 aromatic carbocycles. The van der Waals surface area contributed by atoms with Crippen molar-refractivity contribution in [2.45, 2.75) is 43.5 Å². The molecule has 0 spiro atoms. The summed E-state index contributed by atoms with van der Waals surface area (Å²) in [4.78, 5) is 21.7. The second kappa shape index (κ2) is 7.21. The Balaban J connectivity index is 2.46. The van der Waals surface area contributed by atoms with E-state index in [9.17, 15) is 23.3 Å². The number of sulfonamides is 1. The third-order valence-corrected chi connectivity index (χ3v) is 5.90. The average molecular weight is 390 g/mol. The van der Waals surface area contributed by atoms with Crippen LogP contribution in [-0.2, 0) is 25.8 Å². The summed E-state index contributed by atoms with van der Waals surface area (Å²) >= 11 is 0. The summed E-state index contributed by atoms with van der Waals surface area (Å²) < 4.78 is 27.8. The largest absolute Gasteiger partial charge is 0.301 e. The molecule has 0 aliphatic carbocycles. The van der Waals surface area contributed by atoms with Gasteiger partial charge in [-0.15, -0.1) is 0 Å². The van der Waals surface area contributed by atoms with Gasteiger partial charge in [0.25, 0.3) is 5.69 Å². The Labute approximate surface area is 158 Å². The minimum absolute atomic E-state index is 0.0970. The highest BCUT2D eigenvalue weighted by Gasteiger charge is 2.35. The molecule has 0 heterocycles. The number of rotatable bonds is 6. The lowest BCUT2D eigenvalue weighted by Crippen LogP contribution is -2.44. The summed E-state index contributed by atoms with van der Waals surface area (Å²) in [5, 5.41) is 11.1. The van der Waals surface area contributed by atoms with Crippen LogP contribution in [0, 0.1) is 10.1 Å². The molecule has 8 heteroatoms. The first kappa shape index (κ1) is 20.7. The number of nitrogens with zero attached hydrogens (tertiary/aromatic N) is 1. The minimum Gasteiger partial charge on any atom is -0.301 e. The summed E-state index contributed by atoms with van der Waals surface area (Å²) in [6, 6.07) is 12.0. The number of para-hydroxylation sites is 1. The van der Waals surface area contributed by atoms with Gasteiger partial charge in [0.2, 0.25) is 10.0 Å². The van der Waals surface area contributed by atoms with Crippen LogP contribution < -0.4 is 4.72 Å². The number of nitrogens with one attached hydrogen (secondary N) is 1. The van der Waals surface area contributed by atoms with Crippen molar-refractivity contribution in [3.05, 3.63) is 69.8 Å². The van der Waals surface area contributed by atoms with Crippen molar-refractivity contribution < 1.29 is 18.1 Å². The lowest BCUT2D eigenvalue weighted by molar-refractivity contribution is -0.387. The van der Waals surface area contributed by atoms with Gasteiger partial charge >= 0.3 is 0 Å². The van der Waals surface area contributed by atoms with Gasteiger partial charge in [-0.3, -0.25) is 10.1 Å². The topological polar surface area (TPSA) is 106 Å². The molecule has 1 N–H and O–H groups in total. The van der Waals surface area contributed by atoms with E-state index in [0.717, 1.165) is 17.7 Å². The van der Waals surface area contributed by atoms with Crippen molar-refractivity contribution in [1.29, 1.82) is 0 Å². The molecule has 27 heavy (non-hydrogen) atoms. The van der Waals surface area contributed by atoms with Crippen molar-refractivity contribution in [2.75, 3.05) is 0 Å². The van der Waals surface area contributed by atoms with Gasteiger partial charge in [0.1, 0.15) is 11.8 Å². The lowest BCUT2D eigenvalue weighted by atomic mass is 9.85. The molecule has 0 radical (unpaired) electrons. The van der Waals surface area contributed by atoms with Gasteiger partial charge in [0.05, 0.1) is 4.92 Å². The highest BCUT2D eigenvalue weighted by Crippen LogP contribution is 2.29. The molecule has 1 unspecified atom stereocenters. The number of nitro benzene ring substituents is 1. The Kier molecular flexibility index (Phi) is 5.53. The normalized spacial score (nSPS) is 14.4. The molecule has 0 amide bonds. The highest BCUT2D eigenvalue weighted by molar-refractivity contribution is 7.89. The van der Waals surface area contributed by atoms with Crippen LogP contribution in [0.15, 0.2) is 53.4 Å². The highest BCUT2D eigenvalue weighted by atomic mass is 32.2. The molecule has 0 saturated heterocycles. The maximum absolute atomic E-state index is 12.8. The maximum atomic E-state index is 12.8. The molecular formula is C19H22N2O5S. The predicted octanol–water partition coefficient (Wildman–Crippen LogP) is 3.28. The van der Waals surface area contributed by atoms with Gasteiger partial charge in [0.15, 0.2) is 4.90 Å². The lowest BCUT2D eigenvalue weighted by Gasteiger charge is -2.26. The number of nitro groups is 1. The zero-order valence-corrected chi connectivity index (χ0v) is 16.4. The first-order valence-electron chi connectivity index (χ1n) is 8.25. The van der Waals surface area contributed by atoms with Gasteiger partial charge in [0, 0.05) is 6.07 Å². The number of aldehydes is 1. The predicted molar refractivity (Wildman–Crippen MR) is 102 cm³/mol. The van der Waals surface area contributed by atoms with E-state index in [1.807, 2.05) is 32.9 Å². The van der Waals surface area contributed by atoms with Crippen LogP contribution in [-0.4, -0.2) is 19.6 Å². The van der Waals surface area contributed by atoms with Crippen LogP contribution >= 0.6 is 0 Å². The molecule has 2 aromatic rings. The van der Waals surface area contributed by atoms with Gasteiger partial charge in [-0.2, -0.15) is 4.72 Å². The SMILES string of the molecule is CC(C)(C)c1ccc(C(C)(C=O)NS(=O)(=O)c2ccccc2[N+](=O)[O-])cc1. The van der Waals surface area contributed by atoms with Crippen LogP contribution in [0.2, 0.25) is 0 Å². The van der Waals surface area contributed by atoms with Gasteiger partial charge in [-0.1, -0.05) is 57.2 Å². The van der Waals surface area contributed by atoms with Crippen LogP contribution in [0.5, 0.6) is 0 Å². The fraction of sp³-hybridized carbons (Fsp3) is 0.316. The van der Waals surface area contributed by atoms with Crippen molar-refractivity contribution >= 4 is 22.0 Å². The van der Waals surface area contributed by atoms with E-state index in [4.69, 9.17) is 0 Å². The monoisotopic (exact) mass is 390 g/mol. The smallest absolute Gasteiger partial charge is 0.289 e. The maximum Gasteiger partial charge on any atom is 0.289 e. The molecule has 144 valence electrons. The van der Waals surface area contributed by atoms with Crippen LogP contribution in [0.1, 0.15) is 38.8 Å². The van der Waals surface area contributed by atoms with E-state index >= 15 is 0 Å². The summed E-state index contributed by atoms with van der Waals surface area (Å²) in [5.41, 5.74) is -0.755. The Morgan fingerprint density at radius 2 is 1.48 bits per heavy atom. The summed E-state index contributed by atoms with van der Waals surface area (Å²) in [6.07, 6.45) is 0.478. The molecule has 2 rings (SSSR count). The standard InChI is InChI=1S/C19H22N2O5S/c1-18(2,3)14-9-11-15(12-10-14)19(4,13-22)20-27(25,26)17-8-6-5-7-16(17)21(23)24/h5-13,20H,1-4H3. The van der Waals surface area contributed by atoms with E-state index in [0.29, 0.717) is 11.8 Å². The van der Waals surface area contributed by atoms with Crippen LogP contribution in [0.4, 0.5) is 5.69 Å². The van der Waals surface area contributed by atoms with Gasteiger partial charge < -0.3 is 4.79 Å². The molecule has 0 aliphatic rings. The Hall–Kier alpha value is -2.58. The molecule has 0 bridgehead atoms. The van der Waals surface area contributed by atoms with Crippen molar-refractivity contribution in [2.24, 2.45) is 0 Å². The fourth-order valence-corrected chi connectivity index (χ4v) is 4.15.